The summed E-state index contributed by atoms with van der Waals surface area (Å²) >= 11 is 0. The van der Waals surface area contributed by atoms with Gasteiger partial charge in [0, 0.05) is 13.6 Å². The van der Waals surface area contributed by atoms with Crippen molar-refractivity contribution in [3.8, 4) is 0 Å². The molecular formula is C18H24N2O3. The van der Waals surface area contributed by atoms with Crippen molar-refractivity contribution in [1.82, 2.24) is 9.80 Å². The van der Waals surface area contributed by atoms with Crippen molar-refractivity contribution in [3.63, 3.8) is 0 Å². The highest BCUT2D eigenvalue weighted by molar-refractivity contribution is 5.79. The van der Waals surface area contributed by atoms with Crippen molar-refractivity contribution in [2.75, 3.05) is 26.7 Å². The fraction of sp³-hybridized carbons (Fsp3) is 0.556. The van der Waals surface area contributed by atoms with Crippen molar-refractivity contribution in [2.45, 2.75) is 31.7 Å². The number of likely N-dealkylation sites (N-methyl/N-ethyl adjacent to an activating group) is 1. The van der Waals surface area contributed by atoms with Gasteiger partial charge in [-0.15, -0.1) is 0 Å². The summed E-state index contributed by atoms with van der Waals surface area (Å²) in [4.78, 5) is 27.5. The standard InChI is InChI=1S/C18H24N2O3/c1-19(16-8-4-6-13-5-2-3-7-15(13)16)17(21)12-20-10-9-14(11-20)18(22)23/h2-3,5,7,14,16H,4,6,8-12H2,1H3,(H,22,23). The van der Waals surface area contributed by atoms with E-state index in [1.807, 2.05) is 22.9 Å². The van der Waals surface area contributed by atoms with Crippen LogP contribution in [0.15, 0.2) is 24.3 Å². The molecule has 0 bridgehead atoms. The van der Waals surface area contributed by atoms with Gasteiger partial charge in [-0.05, 0) is 43.4 Å². The minimum Gasteiger partial charge on any atom is -0.481 e. The molecule has 0 spiro atoms. The van der Waals surface area contributed by atoms with Gasteiger partial charge in [-0.2, -0.15) is 0 Å². The van der Waals surface area contributed by atoms with Crippen LogP contribution in [0.2, 0.25) is 0 Å². The average Bonchev–Trinajstić information content (AvgIpc) is 3.02. The van der Waals surface area contributed by atoms with Crippen molar-refractivity contribution in [1.29, 1.82) is 0 Å². The first-order valence-corrected chi connectivity index (χ1v) is 8.35. The zero-order valence-electron chi connectivity index (χ0n) is 13.6. The van der Waals surface area contributed by atoms with E-state index in [1.54, 1.807) is 0 Å². The van der Waals surface area contributed by atoms with E-state index in [-0.39, 0.29) is 17.9 Å². The van der Waals surface area contributed by atoms with Crippen LogP contribution in [0.3, 0.4) is 0 Å². The third kappa shape index (κ3) is 3.39. The van der Waals surface area contributed by atoms with E-state index >= 15 is 0 Å². The number of benzene rings is 1. The van der Waals surface area contributed by atoms with Gasteiger partial charge < -0.3 is 10.0 Å². The molecule has 1 aromatic carbocycles. The van der Waals surface area contributed by atoms with Gasteiger partial charge in [-0.1, -0.05) is 24.3 Å². The zero-order valence-corrected chi connectivity index (χ0v) is 13.6. The number of carboxylic acid groups (broad SMARTS) is 1. The van der Waals surface area contributed by atoms with Gasteiger partial charge in [-0.25, -0.2) is 0 Å². The molecule has 2 atom stereocenters. The Bertz CT molecular complexity index is 602. The van der Waals surface area contributed by atoms with Crippen molar-refractivity contribution < 1.29 is 14.7 Å². The molecule has 1 fully saturated rings. The normalized spacial score (nSPS) is 24.2. The molecule has 1 heterocycles. The Morgan fingerprint density at radius 3 is 2.83 bits per heavy atom. The maximum atomic E-state index is 12.6. The van der Waals surface area contributed by atoms with E-state index in [0.717, 1.165) is 19.3 Å². The second-order valence-corrected chi connectivity index (χ2v) is 6.67. The molecule has 124 valence electrons. The topological polar surface area (TPSA) is 60.9 Å². The van der Waals surface area contributed by atoms with Crippen molar-refractivity contribution in [3.05, 3.63) is 35.4 Å². The highest BCUT2D eigenvalue weighted by Gasteiger charge is 2.31. The van der Waals surface area contributed by atoms with Gasteiger partial charge in [0.05, 0.1) is 18.5 Å². The minimum absolute atomic E-state index is 0.0812. The molecule has 23 heavy (non-hydrogen) atoms. The number of carboxylic acids is 1. The lowest BCUT2D eigenvalue weighted by atomic mass is 9.87. The molecule has 5 nitrogen and oxygen atoms in total. The van der Waals surface area contributed by atoms with Gasteiger partial charge in [0.2, 0.25) is 5.91 Å². The van der Waals surface area contributed by atoms with Crippen LogP contribution in [0.25, 0.3) is 0 Å². The Balaban J connectivity index is 1.64. The number of likely N-dealkylation sites (tertiary alicyclic amines) is 1. The van der Waals surface area contributed by atoms with E-state index < -0.39 is 5.97 Å². The lowest BCUT2D eigenvalue weighted by molar-refractivity contribution is -0.141. The van der Waals surface area contributed by atoms with Gasteiger partial charge in [0.1, 0.15) is 0 Å². The van der Waals surface area contributed by atoms with Crippen LogP contribution in [0.5, 0.6) is 0 Å². The monoisotopic (exact) mass is 316 g/mol. The van der Waals surface area contributed by atoms with Crippen LogP contribution in [-0.2, 0) is 16.0 Å². The number of carbonyl (C=O) groups is 2. The molecule has 1 saturated heterocycles. The maximum absolute atomic E-state index is 12.6. The number of hydrogen-bond donors (Lipinski definition) is 1. The molecule has 3 rings (SSSR count). The van der Waals surface area contributed by atoms with E-state index in [9.17, 15) is 9.59 Å². The Morgan fingerprint density at radius 1 is 1.30 bits per heavy atom. The number of carbonyl (C=O) groups excluding carboxylic acids is 1. The number of nitrogens with zero attached hydrogens (tertiary/aromatic N) is 2. The summed E-state index contributed by atoms with van der Waals surface area (Å²) in [6.45, 7) is 1.49. The number of fused-ring (bicyclic) bond motifs is 1. The van der Waals surface area contributed by atoms with Crippen LogP contribution in [0.4, 0.5) is 0 Å². The lowest BCUT2D eigenvalue weighted by Crippen LogP contribution is -2.40. The number of rotatable bonds is 4. The second-order valence-electron chi connectivity index (χ2n) is 6.67. The number of aryl methyl sites for hydroxylation is 1. The van der Waals surface area contributed by atoms with Crippen molar-refractivity contribution >= 4 is 11.9 Å². The van der Waals surface area contributed by atoms with Crippen LogP contribution in [0.1, 0.15) is 36.4 Å². The Morgan fingerprint density at radius 2 is 2.09 bits per heavy atom. The van der Waals surface area contributed by atoms with E-state index in [2.05, 4.69) is 18.2 Å². The first-order chi connectivity index (χ1) is 11.1. The molecular weight excluding hydrogens is 292 g/mol. The molecule has 1 amide bonds. The van der Waals surface area contributed by atoms with Crippen LogP contribution in [0, 0.1) is 5.92 Å². The smallest absolute Gasteiger partial charge is 0.307 e. The molecule has 1 aliphatic carbocycles. The Labute approximate surface area is 136 Å². The molecule has 1 aromatic rings. The van der Waals surface area contributed by atoms with Gasteiger partial charge in [-0.3, -0.25) is 14.5 Å². The fourth-order valence-electron chi connectivity index (χ4n) is 3.79. The van der Waals surface area contributed by atoms with Crippen LogP contribution < -0.4 is 0 Å². The summed E-state index contributed by atoms with van der Waals surface area (Å²) in [6.07, 6.45) is 3.82. The fourth-order valence-corrected chi connectivity index (χ4v) is 3.79. The predicted molar refractivity (Wildman–Crippen MR) is 87.1 cm³/mol. The highest BCUT2D eigenvalue weighted by Crippen LogP contribution is 2.33. The SMILES string of the molecule is CN(C(=O)CN1CCC(C(=O)O)C1)C1CCCc2ccccc21. The van der Waals surface area contributed by atoms with E-state index in [1.165, 1.54) is 11.1 Å². The molecule has 5 heteroatoms. The van der Waals surface area contributed by atoms with E-state index in [0.29, 0.717) is 26.1 Å². The highest BCUT2D eigenvalue weighted by atomic mass is 16.4. The molecule has 1 aliphatic heterocycles. The molecule has 0 radical (unpaired) electrons. The summed E-state index contributed by atoms with van der Waals surface area (Å²) in [6, 6.07) is 8.51. The molecule has 2 aliphatic rings. The van der Waals surface area contributed by atoms with Gasteiger partial charge in [0.15, 0.2) is 0 Å². The Kier molecular flexibility index (Phi) is 4.66. The third-order valence-electron chi connectivity index (χ3n) is 5.18. The summed E-state index contributed by atoms with van der Waals surface area (Å²) in [5.41, 5.74) is 2.61. The Hall–Kier alpha value is -1.88. The summed E-state index contributed by atoms with van der Waals surface area (Å²) in [5, 5.41) is 9.07. The first-order valence-electron chi connectivity index (χ1n) is 8.35. The molecule has 0 saturated carbocycles. The average molecular weight is 316 g/mol. The van der Waals surface area contributed by atoms with Crippen LogP contribution >= 0.6 is 0 Å². The second kappa shape index (κ2) is 6.71. The van der Waals surface area contributed by atoms with Crippen molar-refractivity contribution in [2.24, 2.45) is 5.92 Å². The number of hydrogen-bond acceptors (Lipinski definition) is 3. The molecule has 0 aromatic heterocycles. The summed E-state index contributed by atoms with van der Waals surface area (Å²) in [7, 11) is 1.87. The van der Waals surface area contributed by atoms with Crippen LogP contribution in [-0.4, -0.2) is 53.5 Å². The quantitative estimate of drug-likeness (QED) is 0.922. The predicted octanol–water partition coefficient (Wildman–Crippen LogP) is 1.93. The maximum Gasteiger partial charge on any atom is 0.307 e. The van der Waals surface area contributed by atoms with Gasteiger partial charge in [0.25, 0.3) is 0 Å². The lowest BCUT2D eigenvalue weighted by Gasteiger charge is -2.34. The summed E-state index contributed by atoms with van der Waals surface area (Å²) in [5.74, 6) is -1.00. The number of amides is 1. The van der Waals surface area contributed by atoms with E-state index in [4.69, 9.17) is 5.11 Å². The first kappa shape index (κ1) is 16.0. The number of aliphatic carboxylic acids is 1. The largest absolute Gasteiger partial charge is 0.481 e. The summed E-state index contributed by atoms with van der Waals surface area (Å²) < 4.78 is 0. The minimum atomic E-state index is -0.755. The van der Waals surface area contributed by atoms with Gasteiger partial charge >= 0.3 is 5.97 Å². The molecule has 1 N–H and O–H groups in total. The zero-order chi connectivity index (χ0) is 16.4. The molecule has 2 unspecified atom stereocenters. The third-order valence-corrected chi connectivity index (χ3v) is 5.18.